The van der Waals surface area contributed by atoms with Gasteiger partial charge in [-0.3, -0.25) is 9.59 Å². The van der Waals surface area contributed by atoms with Gasteiger partial charge in [0.1, 0.15) is 0 Å². The molecule has 0 aromatic heterocycles. The van der Waals surface area contributed by atoms with Crippen molar-refractivity contribution in [1.29, 1.82) is 0 Å². The lowest BCUT2D eigenvalue weighted by atomic mass is 10.0. The van der Waals surface area contributed by atoms with Gasteiger partial charge in [0.2, 0.25) is 11.8 Å². The van der Waals surface area contributed by atoms with Gasteiger partial charge < -0.3 is 9.80 Å². The van der Waals surface area contributed by atoms with Crippen LogP contribution in [-0.2, 0) is 9.59 Å². The molecule has 0 bridgehead atoms. The summed E-state index contributed by atoms with van der Waals surface area (Å²) in [5.74, 6) is 0.638. The standard InChI is InChI=1S/C26H52N2O2/c1-9-21(5)27(22(6)10-2)25(29)19-17-15-13-14-16-18-20-26(30)28(23(7)11-3)24(8)12-4/h21-24H,9-20H2,1-8H3. The average molecular weight is 425 g/mol. The van der Waals surface area contributed by atoms with Crippen molar-refractivity contribution < 1.29 is 9.59 Å². The van der Waals surface area contributed by atoms with E-state index in [1.54, 1.807) is 0 Å². The van der Waals surface area contributed by atoms with Crippen molar-refractivity contribution in [2.45, 2.75) is 157 Å². The molecule has 0 aliphatic heterocycles. The summed E-state index contributed by atoms with van der Waals surface area (Å²) in [6.07, 6.45) is 11.9. The van der Waals surface area contributed by atoms with E-state index in [1.165, 1.54) is 0 Å². The fourth-order valence-corrected chi connectivity index (χ4v) is 4.16. The second kappa shape index (κ2) is 16.6. The van der Waals surface area contributed by atoms with Crippen molar-refractivity contribution in [3.63, 3.8) is 0 Å². The first-order valence-electron chi connectivity index (χ1n) is 12.9. The van der Waals surface area contributed by atoms with Crippen LogP contribution in [0.3, 0.4) is 0 Å². The second-order valence-corrected chi connectivity index (χ2v) is 9.25. The minimum absolute atomic E-state index is 0.319. The summed E-state index contributed by atoms with van der Waals surface area (Å²) in [5, 5.41) is 0. The van der Waals surface area contributed by atoms with Gasteiger partial charge in [0.15, 0.2) is 0 Å². The third-order valence-electron chi connectivity index (χ3n) is 6.87. The van der Waals surface area contributed by atoms with Crippen molar-refractivity contribution in [2.75, 3.05) is 0 Å². The zero-order valence-electron chi connectivity index (χ0n) is 21.5. The van der Waals surface area contributed by atoms with Crippen LogP contribution in [-0.4, -0.2) is 45.8 Å². The van der Waals surface area contributed by atoms with E-state index in [1.807, 2.05) is 0 Å². The van der Waals surface area contributed by atoms with Crippen molar-refractivity contribution in [3.05, 3.63) is 0 Å². The highest BCUT2D eigenvalue weighted by Gasteiger charge is 2.23. The van der Waals surface area contributed by atoms with Crippen molar-refractivity contribution >= 4 is 11.8 Å². The Morgan fingerprint density at radius 2 is 0.733 bits per heavy atom. The van der Waals surface area contributed by atoms with E-state index in [-0.39, 0.29) is 0 Å². The maximum atomic E-state index is 12.7. The summed E-state index contributed by atoms with van der Waals surface area (Å²) in [6, 6.07) is 1.32. The number of hydrogen-bond donors (Lipinski definition) is 0. The minimum Gasteiger partial charge on any atom is -0.337 e. The summed E-state index contributed by atoms with van der Waals surface area (Å²) in [5.41, 5.74) is 0. The molecule has 4 nitrogen and oxygen atoms in total. The monoisotopic (exact) mass is 424 g/mol. The molecule has 0 heterocycles. The largest absolute Gasteiger partial charge is 0.337 e. The molecule has 4 heteroatoms. The van der Waals surface area contributed by atoms with Gasteiger partial charge in [-0.1, -0.05) is 53.4 Å². The molecule has 178 valence electrons. The van der Waals surface area contributed by atoms with Crippen molar-refractivity contribution in [3.8, 4) is 0 Å². The lowest BCUT2D eigenvalue weighted by molar-refractivity contribution is -0.136. The average Bonchev–Trinajstić information content (AvgIpc) is 2.74. The van der Waals surface area contributed by atoms with Crippen molar-refractivity contribution in [2.24, 2.45) is 0 Å². The molecule has 0 aromatic carbocycles. The van der Waals surface area contributed by atoms with E-state index in [2.05, 4.69) is 65.2 Å². The number of rotatable bonds is 17. The van der Waals surface area contributed by atoms with Crippen LogP contribution in [0.1, 0.15) is 132 Å². The summed E-state index contributed by atoms with van der Waals surface area (Å²) in [4.78, 5) is 29.5. The fourth-order valence-electron chi connectivity index (χ4n) is 4.16. The summed E-state index contributed by atoms with van der Waals surface area (Å²) in [7, 11) is 0. The lowest BCUT2D eigenvalue weighted by Crippen LogP contribution is -2.44. The normalized spacial score (nSPS) is 15.3. The molecule has 0 N–H and O–H groups in total. The highest BCUT2D eigenvalue weighted by atomic mass is 16.2. The Kier molecular flexibility index (Phi) is 16.0. The number of amides is 2. The van der Waals surface area contributed by atoms with Crippen LogP contribution in [0, 0.1) is 0 Å². The Balaban J connectivity index is 4.11. The SMILES string of the molecule is CCC(C)N(C(=O)CCCCCCCCC(=O)N(C(C)CC)C(C)CC)C(C)CC. The fraction of sp³-hybridized carbons (Fsp3) is 0.923. The Bertz CT molecular complexity index is 404. The zero-order valence-corrected chi connectivity index (χ0v) is 21.5. The molecule has 0 rings (SSSR count). The third-order valence-corrected chi connectivity index (χ3v) is 6.87. The first-order valence-corrected chi connectivity index (χ1v) is 12.9. The number of hydrogen-bond acceptors (Lipinski definition) is 2. The molecule has 2 amide bonds. The van der Waals surface area contributed by atoms with E-state index < -0.39 is 0 Å². The smallest absolute Gasteiger partial charge is 0.223 e. The van der Waals surface area contributed by atoms with Gasteiger partial charge in [-0.25, -0.2) is 0 Å². The van der Waals surface area contributed by atoms with Crippen molar-refractivity contribution in [1.82, 2.24) is 9.80 Å². The summed E-state index contributed by atoms with van der Waals surface area (Å²) < 4.78 is 0. The van der Waals surface area contributed by atoms with Crippen LogP contribution >= 0.6 is 0 Å². The molecule has 4 unspecified atom stereocenters. The van der Waals surface area contributed by atoms with E-state index in [4.69, 9.17) is 0 Å². The summed E-state index contributed by atoms with van der Waals surface area (Å²) >= 11 is 0. The predicted octanol–water partition coefficient (Wildman–Crippen LogP) is 6.96. The molecule has 0 radical (unpaired) electrons. The number of unbranched alkanes of at least 4 members (excludes halogenated alkanes) is 5. The van der Waals surface area contributed by atoms with Crippen LogP contribution in [0.5, 0.6) is 0 Å². The van der Waals surface area contributed by atoms with Gasteiger partial charge in [-0.2, -0.15) is 0 Å². The predicted molar refractivity (Wildman–Crippen MR) is 130 cm³/mol. The Morgan fingerprint density at radius 3 is 0.967 bits per heavy atom. The maximum Gasteiger partial charge on any atom is 0.223 e. The number of carbonyl (C=O) groups excluding carboxylic acids is 2. The van der Waals surface area contributed by atoms with Crippen LogP contribution in [0.2, 0.25) is 0 Å². The molecule has 0 saturated carbocycles. The second-order valence-electron chi connectivity index (χ2n) is 9.25. The Hall–Kier alpha value is -1.06. The Morgan fingerprint density at radius 1 is 0.500 bits per heavy atom. The molecular weight excluding hydrogens is 372 g/mol. The lowest BCUT2D eigenvalue weighted by Gasteiger charge is -2.34. The molecular formula is C26H52N2O2. The minimum atomic E-state index is 0.319. The van der Waals surface area contributed by atoms with Gasteiger partial charge in [0.05, 0.1) is 0 Å². The van der Waals surface area contributed by atoms with E-state index >= 15 is 0 Å². The van der Waals surface area contributed by atoms with Crippen LogP contribution in [0.4, 0.5) is 0 Å². The van der Waals surface area contributed by atoms with Gasteiger partial charge in [0.25, 0.3) is 0 Å². The maximum absolute atomic E-state index is 12.7. The van der Waals surface area contributed by atoms with Gasteiger partial charge in [0, 0.05) is 37.0 Å². The van der Waals surface area contributed by atoms with Crippen LogP contribution < -0.4 is 0 Å². The van der Waals surface area contributed by atoms with E-state index in [0.717, 1.165) is 64.2 Å². The highest BCUT2D eigenvalue weighted by molar-refractivity contribution is 5.77. The molecule has 0 saturated heterocycles. The third kappa shape index (κ3) is 10.3. The first-order chi connectivity index (χ1) is 14.2. The number of nitrogens with zero attached hydrogens (tertiary/aromatic N) is 2. The van der Waals surface area contributed by atoms with E-state index in [0.29, 0.717) is 48.8 Å². The summed E-state index contributed by atoms with van der Waals surface area (Å²) in [6.45, 7) is 17.3. The first kappa shape index (κ1) is 28.9. The quantitative estimate of drug-likeness (QED) is 0.237. The van der Waals surface area contributed by atoms with Gasteiger partial charge in [-0.05, 0) is 66.2 Å². The number of carbonyl (C=O) groups is 2. The van der Waals surface area contributed by atoms with Crippen LogP contribution in [0.15, 0.2) is 0 Å². The molecule has 0 fully saturated rings. The highest BCUT2D eigenvalue weighted by Crippen LogP contribution is 2.18. The molecule has 0 aliphatic carbocycles. The van der Waals surface area contributed by atoms with Gasteiger partial charge >= 0.3 is 0 Å². The molecule has 0 spiro atoms. The molecule has 0 aromatic rings. The molecule has 30 heavy (non-hydrogen) atoms. The van der Waals surface area contributed by atoms with Gasteiger partial charge in [-0.15, -0.1) is 0 Å². The Labute approximate surface area is 188 Å². The molecule has 4 atom stereocenters. The zero-order chi connectivity index (χ0) is 23.1. The van der Waals surface area contributed by atoms with Crippen LogP contribution in [0.25, 0.3) is 0 Å². The molecule has 0 aliphatic rings. The topological polar surface area (TPSA) is 40.6 Å². The van der Waals surface area contributed by atoms with E-state index in [9.17, 15) is 9.59 Å².